The summed E-state index contributed by atoms with van der Waals surface area (Å²) in [5.74, 6) is 0.702. The molecule has 1 N–H and O–H groups in total. The highest BCUT2D eigenvalue weighted by atomic mass is 16.1. The molecule has 3 aromatic rings. The van der Waals surface area contributed by atoms with E-state index in [9.17, 15) is 4.79 Å². The van der Waals surface area contributed by atoms with Gasteiger partial charge in [-0.2, -0.15) is 5.10 Å². The van der Waals surface area contributed by atoms with Crippen LogP contribution in [-0.2, 0) is 17.8 Å². The van der Waals surface area contributed by atoms with Crippen molar-refractivity contribution in [2.24, 2.45) is 0 Å². The highest BCUT2D eigenvalue weighted by molar-refractivity contribution is 5.79. The second-order valence-corrected chi connectivity index (χ2v) is 5.47. The molecular weight excluding hydrogens is 292 g/mol. The number of amides is 1. The molecule has 23 heavy (non-hydrogen) atoms. The lowest BCUT2D eigenvalue weighted by atomic mass is 10.2. The summed E-state index contributed by atoms with van der Waals surface area (Å²) in [5.41, 5.74) is 2.63. The van der Waals surface area contributed by atoms with Crippen molar-refractivity contribution in [3.63, 3.8) is 0 Å². The lowest BCUT2D eigenvalue weighted by Gasteiger charge is -2.14. The predicted octanol–water partition coefficient (Wildman–Crippen LogP) is 1.67. The highest BCUT2D eigenvalue weighted by Gasteiger charge is 2.17. The molecule has 120 valence electrons. The molecule has 7 heteroatoms. The van der Waals surface area contributed by atoms with Gasteiger partial charge in [0.2, 0.25) is 5.91 Å². The average molecular weight is 312 g/mol. The van der Waals surface area contributed by atoms with Gasteiger partial charge >= 0.3 is 0 Å². The first-order valence-corrected chi connectivity index (χ1v) is 7.69. The molecule has 0 aliphatic rings. The van der Waals surface area contributed by atoms with E-state index in [1.54, 1.807) is 4.68 Å². The number of nitrogens with zero attached hydrogens (tertiary/aromatic N) is 5. The molecule has 0 aliphatic carbocycles. The van der Waals surface area contributed by atoms with E-state index in [0.717, 1.165) is 29.4 Å². The van der Waals surface area contributed by atoms with E-state index >= 15 is 0 Å². The van der Waals surface area contributed by atoms with Gasteiger partial charge in [-0.15, -0.1) is 0 Å². The minimum Gasteiger partial charge on any atom is -0.346 e. The SMILES string of the molecule is CCn1ncnc1[C@H](C)NC(=O)Cc1c(C)nc2ccccn12. The summed E-state index contributed by atoms with van der Waals surface area (Å²) in [6.45, 7) is 6.55. The van der Waals surface area contributed by atoms with Crippen LogP contribution >= 0.6 is 0 Å². The molecule has 0 saturated carbocycles. The quantitative estimate of drug-likeness (QED) is 0.777. The number of hydrogen-bond acceptors (Lipinski definition) is 4. The van der Waals surface area contributed by atoms with Crippen LogP contribution < -0.4 is 5.32 Å². The van der Waals surface area contributed by atoms with Crippen LogP contribution in [0.15, 0.2) is 30.7 Å². The van der Waals surface area contributed by atoms with Crippen molar-refractivity contribution >= 4 is 11.6 Å². The summed E-state index contributed by atoms with van der Waals surface area (Å²) in [7, 11) is 0. The van der Waals surface area contributed by atoms with Crippen LogP contribution in [0, 0.1) is 6.92 Å². The van der Waals surface area contributed by atoms with E-state index in [1.165, 1.54) is 6.33 Å². The number of fused-ring (bicyclic) bond motifs is 1. The summed E-state index contributed by atoms with van der Waals surface area (Å²) in [5, 5.41) is 7.12. The molecule has 1 amide bonds. The minimum absolute atomic E-state index is 0.0584. The van der Waals surface area contributed by atoms with Crippen LogP contribution in [0.25, 0.3) is 5.65 Å². The van der Waals surface area contributed by atoms with Crippen LogP contribution in [-0.4, -0.2) is 30.1 Å². The third-order valence-corrected chi connectivity index (χ3v) is 3.87. The van der Waals surface area contributed by atoms with Gasteiger partial charge in [-0.05, 0) is 32.9 Å². The normalized spacial score (nSPS) is 12.5. The van der Waals surface area contributed by atoms with Crippen molar-refractivity contribution in [1.29, 1.82) is 0 Å². The standard InChI is InChI=1S/C16H20N6O/c1-4-22-16(17-10-18-22)12(3)20-15(23)9-13-11(2)19-14-7-5-6-8-21(13)14/h5-8,10,12H,4,9H2,1-3H3,(H,20,23)/t12-/m0/s1. The molecule has 0 radical (unpaired) electrons. The van der Waals surface area contributed by atoms with E-state index in [4.69, 9.17) is 0 Å². The van der Waals surface area contributed by atoms with Crippen LogP contribution in [0.3, 0.4) is 0 Å². The number of pyridine rings is 1. The number of nitrogens with one attached hydrogen (secondary N) is 1. The molecule has 1 atom stereocenters. The topological polar surface area (TPSA) is 77.1 Å². The predicted molar refractivity (Wildman–Crippen MR) is 85.9 cm³/mol. The Bertz CT molecular complexity index is 834. The lowest BCUT2D eigenvalue weighted by Crippen LogP contribution is -2.30. The van der Waals surface area contributed by atoms with Crippen molar-refractivity contribution in [1.82, 2.24) is 29.5 Å². The minimum atomic E-state index is -0.190. The first-order chi connectivity index (χ1) is 11.1. The zero-order valence-electron chi connectivity index (χ0n) is 13.5. The summed E-state index contributed by atoms with van der Waals surface area (Å²) < 4.78 is 3.73. The number of carbonyl (C=O) groups is 1. The smallest absolute Gasteiger partial charge is 0.226 e. The highest BCUT2D eigenvalue weighted by Crippen LogP contribution is 2.14. The van der Waals surface area contributed by atoms with Gasteiger partial charge in [0.25, 0.3) is 0 Å². The van der Waals surface area contributed by atoms with Gasteiger partial charge in [0.05, 0.1) is 23.9 Å². The lowest BCUT2D eigenvalue weighted by molar-refractivity contribution is -0.121. The fourth-order valence-electron chi connectivity index (χ4n) is 2.74. The first kappa shape index (κ1) is 15.2. The molecule has 3 rings (SSSR count). The molecule has 0 bridgehead atoms. The Labute approximate surface area is 134 Å². The van der Waals surface area contributed by atoms with Gasteiger partial charge in [0.15, 0.2) is 0 Å². The second kappa shape index (κ2) is 6.20. The van der Waals surface area contributed by atoms with E-state index in [-0.39, 0.29) is 18.4 Å². The monoisotopic (exact) mass is 312 g/mol. The van der Waals surface area contributed by atoms with E-state index in [2.05, 4.69) is 20.4 Å². The Hall–Kier alpha value is -2.70. The number of imidazole rings is 1. The molecular formula is C16H20N6O. The number of aryl methyl sites for hydroxylation is 2. The van der Waals surface area contributed by atoms with Crippen LogP contribution in [0.5, 0.6) is 0 Å². The van der Waals surface area contributed by atoms with Crippen molar-refractivity contribution in [2.45, 2.75) is 39.8 Å². The van der Waals surface area contributed by atoms with Gasteiger partial charge in [0, 0.05) is 12.7 Å². The maximum Gasteiger partial charge on any atom is 0.226 e. The van der Waals surface area contributed by atoms with Gasteiger partial charge in [-0.25, -0.2) is 14.6 Å². The van der Waals surface area contributed by atoms with Crippen molar-refractivity contribution in [3.05, 3.63) is 47.9 Å². The van der Waals surface area contributed by atoms with Crippen molar-refractivity contribution < 1.29 is 4.79 Å². The molecule has 3 heterocycles. The van der Waals surface area contributed by atoms with E-state index in [1.807, 2.05) is 49.6 Å². The third-order valence-electron chi connectivity index (χ3n) is 3.87. The fourth-order valence-corrected chi connectivity index (χ4v) is 2.74. The molecule has 0 spiro atoms. The van der Waals surface area contributed by atoms with Crippen LogP contribution in [0.2, 0.25) is 0 Å². The van der Waals surface area contributed by atoms with Crippen molar-refractivity contribution in [2.75, 3.05) is 0 Å². The van der Waals surface area contributed by atoms with E-state index < -0.39 is 0 Å². The molecule has 0 saturated heterocycles. The number of carbonyl (C=O) groups excluding carboxylic acids is 1. The molecule has 0 unspecified atom stereocenters. The Kier molecular flexibility index (Phi) is 4.10. The summed E-state index contributed by atoms with van der Waals surface area (Å²) in [4.78, 5) is 21.1. The zero-order valence-corrected chi connectivity index (χ0v) is 13.5. The van der Waals surface area contributed by atoms with E-state index in [0.29, 0.717) is 0 Å². The third kappa shape index (κ3) is 2.94. The Balaban J connectivity index is 1.75. The maximum absolute atomic E-state index is 12.4. The van der Waals surface area contributed by atoms with Crippen molar-refractivity contribution in [3.8, 4) is 0 Å². The Morgan fingerprint density at radius 1 is 1.39 bits per heavy atom. The average Bonchev–Trinajstić information content (AvgIpc) is 3.12. The second-order valence-electron chi connectivity index (χ2n) is 5.47. The number of aromatic nitrogens is 5. The van der Waals surface area contributed by atoms with Gasteiger partial charge < -0.3 is 9.72 Å². The van der Waals surface area contributed by atoms with Gasteiger partial charge in [-0.3, -0.25) is 4.79 Å². The molecule has 0 aromatic carbocycles. The summed E-state index contributed by atoms with van der Waals surface area (Å²) >= 11 is 0. The fraction of sp³-hybridized carbons (Fsp3) is 0.375. The first-order valence-electron chi connectivity index (χ1n) is 7.69. The number of hydrogen-bond donors (Lipinski definition) is 1. The number of rotatable bonds is 5. The van der Waals surface area contributed by atoms with Crippen LogP contribution in [0.1, 0.15) is 37.1 Å². The molecule has 0 aliphatic heterocycles. The molecule has 0 fully saturated rings. The largest absolute Gasteiger partial charge is 0.346 e. The van der Waals surface area contributed by atoms with Crippen LogP contribution in [0.4, 0.5) is 0 Å². The summed E-state index contributed by atoms with van der Waals surface area (Å²) in [6.07, 6.45) is 3.72. The maximum atomic E-state index is 12.4. The summed E-state index contributed by atoms with van der Waals surface area (Å²) in [6, 6.07) is 5.61. The Morgan fingerprint density at radius 2 is 2.22 bits per heavy atom. The van der Waals surface area contributed by atoms with Gasteiger partial charge in [-0.1, -0.05) is 6.07 Å². The molecule has 7 nitrogen and oxygen atoms in total. The Morgan fingerprint density at radius 3 is 3.00 bits per heavy atom. The zero-order chi connectivity index (χ0) is 16.4. The molecule has 3 aromatic heterocycles. The van der Waals surface area contributed by atoms with Gasteiger partial charge in [0.1, 0.15) is 17.8 Å².